The lowest BCUT2D eigenvalue weighted by atomic mass is 10.0. The SMILES string of the molecule is CCc1ccc(C(=O)C(C)OC(=O)c2nn(-c3ccccc3)c(=O)c3ccccc23)cc1. The molecule has 0 radical (unpaired) electrons. The van der Waals surface area contributed by atoms with E-state index in [0.29, 0.717) is 22.0 Å². The van der Waals surface area contributed by atoms with Crippen molar-refractivity contribution in [2.75, 3.05) is 0 Å². The van der Waals surface area contributed by atoms with Crippen LogP contribution < -0.4 is 5.56 Å². The number of aryl methyl sites for hydroxylation is 1. The van der Waals surface area contributed by atoms with Crippen molar-refractivity contribution < 1.29 is 14.3 Å². The van der Waals surface area contributed by atoms with E-state index >= 15 is 0 Å². The second-order valence-corrected chi connectivity index (χ2v) is 7.41. The Kier molecular flexibility index (Phi) is 5.94. The first-order chi connectivity index (χ1) is 15.5. The number of benzene rings is 3. The summed E-state index contributed by atoms with van der Waals surface area (Å²) in [5, 5.41) is 5.01. The predicted octanol–water partition coefficient (Wildman–Crippen LogP) is 4.38. The molecule has 4 aromatic rings. The van der Waals surface area contributed by atoms with Gasteiger partial charge in [-0.15, -0.1) is 0 Å². The standard InChI is InChI=1S/C26H22N2O4/c1-3-18-13-15-19(16-14-18)24(29)17(2)32-26(31)23-21-11-7-8-12-22(21)25(30)28(27-23)20-9-5-4-6-10-20/h4-17H,3H2,1-2H3. The minimum Gasteiger partial charge on any atom is -0.449 e. The van der Waals surface area contributed by atoms with Crippen LogP contribution in [0.4, 0.5) is 0 Å². The fourth-order valence-electron chi connectivity index (χ4n) is 3.49. The monoisotopic (exact) mass is 426 g/mol. The predicted molar refractivity (Wildman–Crippen MR) is 122 cm³/mol. The minimum atomic E-state index is -1.01. The molecule has 32 heavy (non-hydrogen) atoms. The summed E-state index contributed by atoms with van der Waals surface area (Å²) < 4.78 is 6.66. The summed E-state index contributed by atoms with van der Waals surface area (Å²) in [5.41, 5.74) is 1.74. The Balaban J connectivity index is 1.69. The zero-order chi connectivity index (χ0) is 22.7. The molecular weight excluding hydrogens is 404 g/mol. The Morgan fingerprint density at radius 3 is 2.19 bits per heavy atom. The Labute approximate surface area is 185 Å². The Morgan fingerprint density at radius 1 is 0.906 bits per heavy atom. The van der Waals surface area contributed by atoms with E-state index in [1.54, 1.807) is 60.7 Å². The van der Waals surface area contributed by atoms with E-state index in [1.807, 2.05) is 25.1 Å². The molecule has 0 aliphatic rings. The van der Waals surface area contributed by atoms with Gasteiger partial charge >= 0.3 is 5.97 Å². The van der Waals surface area contributed by atoms with Gasteiger partial charge in [0.1, 0.15) is 0 Å². The van der Waals surface area contributed by atoms with Crippen molar-refractivity contribution in [3.63, 3.8) is 0 Å². The summed E-state index contributed by atoms with van der Waals surface area (Å²) >= 11 is 0. The van der Waals surface area contributed by atoms with Crippen molar-refractivity contribution >= 4 is 22.5 Å². The van der Waals surface area contributed by atoms with Crippen molar-refractivity contribution in [2.45, 2.75) is 26.4 Å². The quantitative estimate of drug-likeness (QED) is 0.338. The van der Waals surface area contributed by atoms with Gasteiger partial charge in [-0.2, -0.15) is 9.78 Å². The fourth-order valence-corrected chi connectivity index (χ4v) is 3.49. The zero-order valence-electron chi connectivity index (χ0n) is 17.8. The lowest BCUT2D eigenvalue weighted by molar-refractivity contribution is 0.0313. The second kappa shape index (κ2) is 8.98. The molecule has 1 heterocycles. The zero-order valence-corrected chi connectivity index (χ0v) is 17.8. The first kappa shape index (κ1) is 21.2. The average Bonchev–Trinajstić information content (AvgIpc) is 2.84. The molecule has 0 bridgehead atoms. The molecule has 6 nitrogen and oxygen atoms in total. The van der Waals surface area contributed by atoms with E-state index in [2.05, 4.69) is 5.10 Å². The number of nitrogens with zero attached hydrogens (tertiary/aromatic N) is 2. The van der Waals surface area contributed by atoms with Gasteiger partial charge in [-0.25, -0.2) is 4.79 Å². The first-order valence-corrected chi connectivity index (χ1v) is 10.4. The number of ketones is 1. The lowest BCUT2D eigenvalue weighted by Crippen LogP contribution is -2.28. The molecule has 0 fully saturated rings. The number of para-hydroxylation sites is 1. The van der Waals surface area contributed by atoms with Gasteiger partial charge in [-0.3, -0.25) is 9.59 Å². The molecule has 1 unspecified atom stereocenters. The molecule has 0 N–H and O–H groups in total. The molecule has 6 heteroatoms. The summed E-state index contributed by atoms with van der Waals surface area (Å²) in [6.07, 6.45) is -0.137. The summed E-state index contributed by atoms with van der Waals surface area (Å²) in [6, 6.07) is 22.8. The van der Waals surface area contributed by atoms with Gasteiger partial charge in [0, 0.05) is 10.9 Å². The molecule has 0 saturated heterocycles. The van der Waals surface area contributed by atoms with E-state index in [1.165, 1.54) is 11.6 Å². The highest BCUT2D eigenvalue weighted by atomic mass is 16.5. The number of ether oxygens (including phenoxy) is 1. The van der Waals surface area contributed by atoms with Crippen LogP contribution >= 0.6 is 0 Å². The minimum absolute atomic E-state index is 0.0231. The van der Waals surface area contributed by atoms with Crippen molar-refractivity contribution in [3.8, 4) is 5.69 Å². The fraction of sp³-hybridized carbons (Fsp3) is 0.154. The van der Waals surface area contributed by atoms with E-state index in [4.69, 9.17) is 4.74 Å². The van der Waals surface area contributed by atoms with E-state index < -0.39 is 12.1 Å². The summed E-state index contributed by atoms with van der Waals surface area (Å²) in [7, 11) is 0. The van der Waals surface area contributed by atoms with Gasteiger partial charge in [-0.1, -0.05) is 67.6 Å². The molecule has 3 aromatic carbocycles. The number of esters is 1. The maximum Gasteiger partial charge on any atom is 0.360 e. The van der Waals surface area contributed by atoms with Crippen LogP contribution in [0.2, 0.25) is 0 Å². The van der Waals surface area contributed by atoms with Crippen LogP contribution in [0.15, 0.2) is 83.7 Å². The lowest BCUT2D eigenvalue weighted by Gasteiger charge is -2.14. The van der Waals surface area contributed by atoms with Crippen LogP contribution in [0, 0.1) is 0 Å². The van der Waals surface area contributed by atoms with E-state index in [-0.39, 0.29) is 17.0 Å². The van der Waals surface area contributed by atoms with Crippen molar-refractivity contribution in [1.29, 1.82) is 0 Å². The van der Waals surface area contributed by atoms with Crippen LogP contribution in [0.5, 0.6) is 0 Å². The number of hydrogen-bond acceptors (Lipinski definition) is 5. The van der Waals surface area contributed by atoms with Crippen molar-refractivity contribution in [2.24, 2.45) is 0 Å². The molecule has 0 aliphatic heterocycles. The molecular formula is C26H22N2O4. The van der Waals surface area contributed by atoms with Gasteiger partial charge in [0.2, 0.25) is 5.78 Å². The molecule has 0 aliphatic carbocycles. The molecule has 0 saturated carbocycles. The van der Waals surface area contributed by atoms with Gasteiger partial charge in [0.05, 0.1) is 11.1 Å². The number of carbonyl (C=O) groups is 2. The van der Waals surface area contributed by atoms with Gasteiger partial charge in [-0.05, 0) is 37.1 Å². The molecule has 1 atom stereocenters. The Bertz CT molecular complexity index is 1340. The van der Waals surface area contributed by atoms with Crippen molar-refractivity contribution in [1.82, 2.24) is 9.78 Å². The van der Waals surface area contributed by atoms with Gasteiger partial charge in [0.15, 0.2) is 11.8 Å². The molecule has 0 spiro atoms. The molecule has 1 aromatic heterocycles. The number of carbonyl (C=O) groups excluding carboxylic acids is 2. The summed E-state index contributed by atoms with van der Waals surface area (Å²) in [6.45, 7) is 3.57. The van der Waals surface area contributed by atoms with Crippen LogP contribution in [-0.2, 0) is 11.2 Å². The van der Waals surface area contributed by atoms with Crippen LogP contribution in [0.25, 0.3) is 16.5 Å². The third-order valence-electron chi connectivity index (χ3n) is 5.30. The van der Waals surface area contributed by atoms with Gasteiger partial charge < -0.3 is 4.74 Å². The topological polar surface area (TPSA) is 78.3 Å². The average molecular weight is 426 g/mol. The summed E-state index contributed by atoms with van der Waals surface area (Å²) in [4.78, 5) is 38.8. The second-order valence-electron chi connectivity index (χ2n) is 7.41. The smallest absolute Gasteiger partial charge is 0.360 e. The van der Waals surface area contributed by atoms with Crippen molar-refractivity contribution in [3.05, 3.63) is 106 Å². The van der Waals surface area contributed by atoms with Crippen LogP contribution in [0.3, 0.4) is 0 Å². The van der Waals surface area contributed by atoms with E-state index in [0.717, 1.165) is 12.0 Å². The Morgan fingerprint density at radius 2 is 1.53 bits per heavy atom. The van der Waals surface area contributed by atoms with Crippen LogP contribution in [-0.4, -0.2) is 27.6 Å². The number of rotatable bonds is 6. The third kappa shape index (κ3) is 4.07. The highest BCUT2D eigenvalue weighted by Gasteiger charge is 2.24. The third-order valence-corrected chi connectivity index (χ3v) is 5.30. The number of hydrogen-bond donors (Lipinski definition) is 0. The van der Waals surface area contributed by atoms with Crippen LogP contribution in [0.1, 0.15) is 40.3 Å². The normalized spacial score (nSPS) is 11.8. The molecule has 0 amide bonds. The largest absolute Gasteiger partial charge is 0.449 e. The molecule has 160 valence electrons. The number of aromatic nitrogens is 2. The maximum absolute atomic E-state index is 13.0. The highest BCUT2D eigenvalue weighted by Crippen LogP contribution is 2.18. The maximum atomic E-state index is 13.0. The molecule has 4 rings (SSSR count). The number of Topliss-reactive ketones (excluding diaryl/α,β-unsaturated/α-hetero) is 1. The van der Waals surface area contributed by atoms with E-state index in [9.17, 15) is 14.4 Å². The summed E-state index contributed by atoms with van der Waals surface area (Å²) in [5.74, 6) is -1.07. The van der Waals surface area contributed by atoms with Gasteiger partial charge in [0.25, 0.3) is 5.56 Å². The number of fused-ring (bicyclic) bond motifs is 1. The highest BCUT2D eigenvalue weighted by molar-refractivity contribution is 6.05. The first-order valence-electron chi connectivity index (χ1n) is 10.4. The Hall–Kier alpha value is -4.06.